The van der Waals surface area contributed by atoms with Crippen molar-refractivity contribution in [2.75, 3.05) is 13.1 Å². The van der Waals surface area contributed by atoms with Crippen LogP contribution in [0.15, 0.2) is 30.9 Å². The molecule has 134 valence electrons. The molecule has 5 nitrogen and oxygen atoms in total. The first-order valence-corrected chi connectivity index (χ1v) is 10.2. The molecular weight excluding hydrogens is 342 g/mol. The summed E-state index contributed by atoms with van der Waals surface area (Å²) in [6.45, 7) is 6.42. The molecule has 0 aliphatic carbocycles. The second-order valence-electron chi connectivity index (χ2n) is 7.18. The maximum absolute atomic E-state index is 4.92. The molecule has 6 heteroatoms. The summed E-state index contributed by atoms with van der Waals surface area (Å²) >= 11 is 1.77. The summed E-state index contributed by atoms with van der Waals surface area (Å²) in [5.41, 5.74) is 5.91. The predicted molar refractivity (Wildman–Crippen MR) is 106 cm³/mol. The molecule has 1 aliphatic rings. The second kappa shape index (κ2) is 6.21. The van der Waals surface area contributed by atoms with Crippen LogP contribution in [-0.4, -0.2) is 31.9 Å². The number of fused-ring (bicyclic) bond motifs is 2. The van der Waals surface area contributed by atoms with E-state index in [1.807, 2.05) is 0 Å². The number of hydrogen-bond donors (Lipinski definition) is 1. The number of aryl methyl sites for hydroxylation is 2. The first-order chi connectivity index (χ1) is 12.7. The van der Waals surface area contributed by atoms with Crippen LogP contribution >= 0.6 is 11.3 Å². The molecule has 0 bridgehead atoms. The smallest absolute Gasteiger partial charge is 0.194 e. The fraction of sp³-hybridized carbons (Fsp3) is 0.400. The van der Waals surface area contributed by atoms with E-state index in [1.54, 1.807) is 11.3 Å². The van der Waals surface area contributed by atoms with Crippen molar-refractivity contribution in [3.05, 3.63) is 47.9 Å². The van der Waals surface area contributed by atoms with Gasteiger partial charge in [0.2, 0.25) is 0 Å². The van der Waals surface area contributed by atoms with Crippen molar-refractivity contribution < 1.29 is 0 Å². The van der Waals surface area contributed by atoms with Crippen molar-refractivity contribution in [1.82, 2.24) is 24.1 Å². The number of nitrogens with one attached hydrogen (secondary N) is 1. The van der Waals surface area contributed by atoms with E-state index < -0.39 is 0 Å². The maximum Gasteiger partial charge on any atom is 0.194 e. The van der Waals surface area contributed by atoms with Gasteiger partial charge >= 0.3 is 0 Å². The lowest BCUT2D eigenvalue weighted by Crippen LogP contribution is -2.26. The first kappa shape index (κ1) is 16.0. The summed E-state index contributed by atoms with van der Waals surface area (Å²) in [5.74, 6) is 0.602. The molecule has 5 heterocycles. The molecule has 4 aromatic heterocycles. The highest BCUT2D eigenvalue weighted by atomic mass is 32.1. The third-order valence-electron chi connectivity index (χ3n) is 5.33. The molecule has 0 amide bonds. The molecule has 0 atom stereocenters. The summed E-state index contributed by atoms with van der Waals surface area (Å²) in [7, 11) is 0. The number of thiazole rings is 1. The molecule has 1 N–H and O–H groups in total. The lowest BCUT2D eigenvalue weighted by atomic mass is 9.95. The van der Waals surface area contributed by atoms with E-state index in [9.17, 15) is 0 Å². The van der Waals surface area contributed by atoms with E-state index in [2.05, 4.69) is 63.8 Å². The zero-order valence-corrected chi connectivity index (χ0v) is 16.0. The molecule has 1 aliphatic heterocycles. The van der Waals surface area contributed by atoms with Gasteiger partial charge in [-0.05, 0) is 45.3 Å². The third kappa shape index (κ3) is 2.64. The zero-order valence-electron chi connectivity index (χ0n) is 15.2. The molecule has 5 rings (SSSR count). The quantitative estimate of drug-likeness (QED) is 0.596. The summed E-state index contributed by atoms with van der Waals surface area (Å²) < 4.78 is 4.41. The van der Waals surface area contributed by atoms with Gasteiger partial charge in [-0.15, -0.1) is 0 Å². The van der Waals surface area contributed by atoms with E-state index in [-0.39, 0.29) is 0 Å². The Bertz CT molecular complexity index is 1050. The van der Waals surface area contributed by atoms with Gasteiger partial charge in [0.05, 0.1) is 27.5 Å². The molecule has 0 aromatic carbocycles. The summed E-state index contributed by atoms with van der Waals surface area (Å²) in [6, 6.07) is 2.25. The SMILES string of the molecule is CCc1nc(C)cn2cc(-c3cn4cc(C5CCNCC5)nc4s3)cc12. The Hall–Kier alpha value is -2.18. The van der Waals surface area contributed by atoms with E-state index in [0.29, 0.717) is 5.92 Å². The molecule has 26 heavy (non-hydrogen) atoms. The van der Waals surface area contributed by atoms with Gasteiger partial charge in [0.15, 0.2) is 4.96 Å². The Labute approximate surface area is 156 Å². The van der Waals surface area contributed by atoms with Crippen LogP contribution in [0, 0.1) is 6.92 Å². The highest BCUT2D eigenvalue weighted by molar-refractivity contribution is 7.20. The van der Waals surface area contributed by atoms with Crippen LogP contribution < -0.4 is 5.32 Å². The van der Waals surface area contributed by atoms with Crippen LogP contribution in [0.4, 0.5) is 0 Å². The molecular formula is C20H23N5S. The van der Waals surface area contributed by atoms with E-state index in [1.165, 1.54) is 34.5 Å². The minimum absolute atomic E-state index is 0.602. The highest BCUT2D eigenvalue weighted by Crippen LogP contribution is 2.33. The highest BCUT2D eigenvalue weighted by Gasteiger charge is 2.19. The average Bonchev–Trinajstić information content (AvgIpc) is 3.33. The van der Waals surface area contributed by atoms with E-state index in [0.717, 1.165) is 35.9 Å². The Balaban J connectivity index is 1.52. The summed E-state index contributed by atoms with van der Waals surface area (Å²) in [6.07, 6.45) is 12.1. The van der Waals surface area contributed by atoms with Crippen molar-refractivity contribution in [3.63, 3.8) is 0 Å². The van der Waals surface area contributed by atoms with E-state index in [4.69, 9.17) is 4.98 Å². The van der Waals surface area contributed by atoms with E-state index >= 15 is 0 Å². The minimum atomic E-state index is 0.602. The van der Waals surface area contributed by atoms with Crippen molar-refractivity contribution in [2.24, 2.45) is 0 Å². The van der Waals surface area contributed by atoms with Crippen LogP contribution in [0.3, 0.4) is 0 Å². The van der Waals surface area contributed by atoms with Crippen LogP contribution in [0.5, 0.6) is 0 Å². The normalized spacial score (nSPS) is 16.1. The topological polar surface area (TPSA) is 46.6 Å². The number of aromatic nitrogens is 4. The molecule has 4 aromatic rings. The largest absolute Gasteiger partial charge is 0.320 e. The van der Waals surface area contributed by atoms with Crippen molar-refractivity contribution in [3.8, 4) is 10.4 Å². The predicted octanol–water partition coefficient (Wildman–Crippen LogP) is 4.05. The van der Waals surface area contributed by atoms with Gasteiger partial charge < -0.3 is 9.72 Å². The molecule has 0 saturated carbocycles. The molecule has 1 fully saturated rings. The third-order valence-corrected chi connectivity index (χ3v) is 6.38. The lowest BCUT2D eigenvalue weighted by molar-refractivity contribution is 0.454. The molecule has 0 radical (unpaired) electrons. The van der Waals surface area contributed by atoms with Gasteiger partial charge in [0.25, 0.3) is 0 Å². The standard InChI is InChI=1S/C20H23N5S/c1-3-16-18-8-15(10-24(18)9-13(2)22-16)19-12-25-11-17(23-20(25)26-19)14-4-6-21-7-5-14/h8-12,14,21H,3-7H2,1-2H3. The summed E-state index contributed by atoms with van der Waals surface area (Å²) in [5, 5.41) is 3.43. The van der Waals surface area contributed by atoms with Gasteiger partial charge in [-0.25, -0.2) is 4.98 Å². The maximum atomic E-state index is 4.92. The summed E-state index contributed by atoms with van der Waals surface area (Å²) in [4.78, 5) is 12.0. The number of hydrogen-bond acceptors (Lipinski definition) is 4. The van der Waals surface area contributed by atoms with Gasteiger partial charge in [-0.2, -0.15) is 0 Å². The van der Waals surface area contributed by atoms with Gasteiger partial charge in [0, 0.05) is 36.3 Å². The van der Waals surface area contributed by atoms with Crippen molar-refractivity contribution >= 4 is 21.8 Å². The number of imidazole rings is 1. The fourth-order valence-corrected chi connectivity index (χ4v) is 4.93. The van der Waals surface area contributed by atoms with Gasteiger partial charge in [0.1, 0.15) is 0 Å². The Morgan fingerprint density at radius 3 is 2.73 bits per heavy atom. The van der Waals surface area contributed by atoms with Crippen LogP contribution in [0.2, 0.25) is 0 Å². The Morgan fingerprint density at radius 1 is 1.12 bits per heavy atom. The fourth-order valence-electron chi connectivity index (χ4n) is 3.97. The molecule has 1 saturated heterocycles. The van der Waals surface area contributed by atoms with Crippen LogP contribution in [-0.2, 0) is 6.42 Å². The number of piperidine rings is 1. The average molecular weight is 366 g/mol. The monoisotopic (exact) mass is 365 g/mol. The molecule has 0 spiro atoms. The van der Waals surface area contributed by atoms with Gasteiger partial charge in [-0.1, -0.05) is 18.3 Å². The second-order valence-corrected chi connectivity index (χ2v) is 8.19. The van der Waals surface area contributed by atoms with Gasteiger partial charge in [-0.3, -0.25) is 9.38 Å². The lowest BCUT2D eigenvalue weighted by Gasteiger charge is -2.20. The molecule has 0 unspecified atom stereocenters. The van der Waals surface area contributed by atoms with Crippen LogP contribution in [0.1, 0.15) is 42.8 Å². The Kier molecular flexibility index (Phi) is 3.83. The Morgan fingerprint density at radius 2 is 1.96 bits per heavy atom. The minimum Gasteiger partial charge on any atom is -0.320 e. The number of nitrogens with zero attached hydrogens (tertiary/aromatic N) is 4. The zero-order chi connectivity index (χ0) is 17.7. The van der Waals surface area contributed by atoms with Crippen LogP contribution in [0.25, 0.3) is 20.9 Å². The first-order valence-electron chi connectivity index (χ1n) is 9.39. The van der Waals surface area contributed by atoms with Crippen molar-refractivity contribution in [2.45, 2.75) is 39.0 Å². The number of rotatable bonds is 3. The van der Waals surface area contributed by atoms with Crippen molar-refractivity contribution in [1.29, 1.82) is 0 Å².